The van der Waals surface area contributed by atoms with Gasteiger partial charge in [0.25, 0.3) is 0 Å². The van der Waals surface area contributed by atoms with E-state index in [1.54, 1.807) is 5.01 Å². The number of allylic oxidation sites excluding steroid dienone is 1. The first-order chi connectivity index (χ1) is 9.43. The third kappa shape index (κ3) is 2.89. The minimum absolute atomic E-state index is 0.351. The second-order valence-electron chi connectivity index (χ2n) is 4.88. The van der Waals surface area contributed by atoms with Gasteiger partial charge in [-0.2, -0.15) is 5.10 Å². The van der Waals surface area contributed by atoms with E-state index in [1.165, 1.54) is 5.57 Å². The van der Waals surface area contributed by atoms with Crippen molar-refractivity contribution in [2.75, 3.05) is 0 Å². The van der Waals surface area contributed by atoms with Gasteiger partial charge < -0.3 is 0 Å². The second kappa shape index (κ2) is 5.98. The highest BCUT2D eigenvalue weighted by Gasteiger charge is 2.25. The van der Waals surface area contributed by atoms with E-state index in [1.807, 2.05) is 32.0 Å². The molecule has 0 atom stereocenters. The Labute approximate surface area is 129 Å². The van der Waals surface area contributed by atoms with Crippen molar-refractivity contribution in [2.45, 2.75) is 34.1 Å². The zero-order chi connectivity index (χ0) is 14.9. The van der Waals surface area contributed by atoms with Crippen LogP contribution in [-0.2, 0) is 0 Å². The largest absolute Gasteiger partial charge is 0.224 e. The Balaban J connectivity index is 2.72. The zero-order valence-electron chi connectivity index (χ0n) is 12.0. The molecule has 0 spiro atoms. The highest BCUT2D eigenvalue weighted by molar-refractivity contribution is 6.65. The fourth-order valence-electron chi connectivity index (χ4n) is 2.02. The van der Waals surface area contributed by atoms with Crippen LogP contribution in [0.5, 0.6) is 0 Å². The lowest BCUT2D eigenvalue weighted by Gasteiger charge is -2.28. The maximum atomic E-state index is 6.29. The van der Waals surface area contributed by atoms with E-state index >= 15 is 0 Å². The van der Waals surface area contributed by atoms with E-state index in [4.69, 9.17) is 23.2 Å². The lowest BCUT2D eigenvalue weighted by atomic mass is 10.0. The van der Waals surface area contributed by atoms with Crippen LogP contribution in [0.4, 0.5) is 5.69 Å². The number of halogens is 2. The molecule has 1 aromatic rings. The molecule has 0 radical (unpaired) electrons. The fourth-order valence-corrected chi connectivity index (χ4v) is 2.40. The van der Waals surface area contributed by atoms with Crippen molar-refractivity contribution in [3.05, 3.63) is 34.4 Å². The summed E-state index contributed by atoms with van der Waals surface area (Å²) in [5.74, 6) is 0. The normalized spacial score (nSPS) is 16.5. The Morgan fingerprint density at radius 1 is 1.25 bits per heavy atom. The summed E-state index contributed by atoms with van der Waals surface area (Å²) in [4.78, 5) is 4.40. The van der Waals surface area contributed by atoms with Gasteiger partial charge in [-0.05, 0) is 62.6 Å². The van der Waals surface area contributed by atoms with E-state index in [-0.39, 0.29) is 0 Å². The van der Waals surface area contributed by atoms with Crippen LogP contribution in [0.2, 0.25) is 5.02 Å². The molecule has 106 valence electrons. The van der Waals surface area contributed by atoms with Gasteiger partial charge in [-0.3, -0.25) is 0 Å². The predicted molar refractivity (Wildman–Crippen MR) is 87.9 cm³/mol. The number of rotatable bonds is 2. The monoisotopic (exact) mass is 309 g/mol. The van der Waals surface area contributed by atoms with Gasteiger partial charge in [0.2, 0.25) is 5.29 Å². The molecule has 0 saturated heterocycles. The van der Waals surface area contributed by atoms with Crippen molar-refractivity contribution < 1.29 is 0 Å². The molecular weight excluding hydrogens is 293 g/mol. The van der Waals surface area contributed by atoms with E-state index in [2.05, 4.69) is 23.9 Å². The first kappa shape index (κ1) is 15.1. The molecule has 0 fully saturated rings. The molecule has 0 aliphatic carbocycles. The van der Waals surface area contributed by atoms with E-state index in [9.17, 15) is 0 Å². The summed E-state index contributed by atoms with van der Waals surface area (Å²) in [6, 6.07) is 5.60. The van der Waals surface area contributed by atoms with Crippen LogP contribution in [0.1, 0.15) is 39.7 Å². The van der Waals surface area contributed by atoms with Crippen LogP contribution < -0.4 is 0 Å². The van der Waals surface area contributed by atoms with Gasteiger partial charge in [0, 0.05) is 16.3 Å². The highest BCUT2D eigenvalue weighted by atomic mass is 35.5. The number of aliphatic imine (C=N–C) groups is 1. The lowest BCUT2D eigenvalue weighted by molar-refractivity contribution is 0.626. The van der Waals surface area contributed by atoms with Gasteiger partial charge in [-0.1, -0.05) is 18.5 Å². The standard InChI is InChI=1S/C15H17Cl2N3/c1-5-10(4)14-12-8-11(16)6-7-13(12)18-15(17)20(14)19-9(2)3/h6-8H,5H2,1-4H3. The fraction of sp³-hybridized carbons (Fsp3) is 0.333. The summed E-state index contributed by atoms with van der Waals surface area (Å²) in [5, 5.41) is 7.20. The quantitative estimate of drug-likeness (QED) is 0.529. The summed E-state index contributed by atoms with van der Waals surface area (Å²) in [6.07, 6.45) is 0.903. The first-order valence-corrected chi connectivity index (χ1v) is 7.25. The zero-order valence-corrected chi connectivity index (χ0v) is 13.5. The Bertz CT molecular complexity index is 626. The Morgan fingerprint density at radius 3 is 2.55 bits per heavy atom. The summed E-state index contributed by atoms with van der Waals surface area (Å²) in [5.41, 5.74) is 4.84. The molecule has 0 aromatic heterocycles. The molecule has 1 aliphatic heterocycles. The van der Waals surface area contributed by atoms with Crippen LogP contribution in [0.15, 0.2) is 33.9 Å². The molecule has 0 N–H and O–H groups in total. The van der Waals surface area contributed by atoms with Gasteiger partial charge in [0.15, 0.2) is 0 Å². The van der Waals surface area contributed by atoms with Crippen LogP contribution in [-0.4, -0.2) is 16.0 Å². The molecule has 3 nitrogen and oxygen atoms in total. The van der Waals surface area contributed by atoms with Crippen LogP contribution >= 0.6 is 23.2 Å². The smallest absolute Gasteiger partial charge is 0.218 e. The van der Waals surface area contributed by atoms with Gasteiger partial charge >= 0.3 is 0 Å². The van der Waals surface area contributed by atoms with E-state index in [0.717, 1.165) is 29.1 Å². The highest BCUT2D eigenvalue weighted by Crippen LogP contribution is 2.39. The Kier molecular flexibility index (Phi) is 4.51. The number of benzene rings is 1. The molecule has 0 bridgehead atoms. The molecule has 0 amide bonds. The van der Waals surface area contributed by atoms with Gasteiger partial charge in [-0.25, -0.2) is 10.0 Å². The third-order valence-corrected chi connectivity index (χ3v) is 3.53. The average molecular weight is 310 g/mol. The first-order valence-electron chi connectivity index (χ1n) is 6.49. The number of fused-ring (bicyclic) bond motifs is 1. The summed E-state index contributed by atoms with van der Waals surface area (Å²) in [6.45, 7) is 8.03. The topological polar surface area (TPSA) is 28.0 Å². The van der Waals surface area contributed by atoms with E-state index < -0.39 is 0 Å². The van der Waals surface area contributed by atoms with Crippen molar-refractivity contribution in [1.29, 1.82) is 0 Å². The van der Waals surface area contributed by atoms with Gasteiger partial charge in [0.1, 0.15) is 0 Å². The second-order valence-corrected chi connectivity index (χ2v) is 5.66. The predicted octanol–water partition coefficient (Wildman–Crippen LogP) is 5.42. The van der Waals surface area contributed by atoms with Gasteiger partial charge in [0.05, 0.1) is 11.4 Å². The van der Waals surface area contributed by atoms with Crippen molar-refractivity contribution >= 4 is 45.6 Å². The molecular formula is C15H17Cl2N3. The van der Waals surface area contributed by atoms with Crippen LogP contribution in [0.3, 0.4) is 0 Å². The molecule has 2 rings (SSSR count). The summed E-state index contributed by atoms with van der Waals surface area (Å²) < 4.78 is 0. The van der Waals surface area contributed by atoms with Crippen LogP contribution in [0.25, 0.3) is 5.70 Å². The Morgan fingerprint density at radius 2 is 1.95 bits per heavy atom. The van der Waals surface area contributed by atoms with Gasteiger partial charge in [-0.15, -0.1) is 0 Å². The number of hydrogen-bond acceptors (Lipinski definition) is 3. The van der Waals surface area contributed by atoms with Crippen LogP contribution in [0, 0.1) is 0 Å². The molecule has 20 heavy (non-hydrogen) atoms. The maximum Gasteiger partial charge on any atom is 0.224 e. The third-order valence-electron chi connectivity index (χ3n) is 3.05. The summed E-state index contributed by atoms with van der Waals surface area (Å²) in [7, 11) is 0. The SMILES string of the molecule is CCC(C)=C1c2cc(Cl)ccc2N=C(Cl)N1N=C(C)C. The van der Waals surface area contributed by atoms with Crippen molar-refractivity contribution in [1.82, 2.24) is 5.01 Å². The number of amidine groups is 1. The average Bonchev–Trinajstić information content (AvgIpc) is 2.39. The minimum atomic E-state index is 0.351. The molecule has 1 aliphatic rings. The lowest BCUT2D eigenvalue weighted by Crippen LogP contribution is -2.25. The van der Waals surface area contributed by atoms with E-state index in [0.29, 0.717) is 10.3 Å². The Hall–Kier alpha value is -1.32. The van der Waals surface area contributed by atoms with Crippen molar-refractivity contribution in [2.24, 2.45) is 10.1 Å². The minimum Gasteiger partial charge on any atom is -0.218 e. The molecule has 1 aromatic carbocycles. The van der Waals surface area contributed by atoms with Crippen molar-refractivity contribution in [3.8, 4) is 0 Å². The number of nitrogens with zero attached hydrogens (tertiary/aromatic N) is 3. The molecule has 5 heteroatoms. The maximum absolute atomic E-state index is 6.29. The number of hydrogen-bond donors (Lipinski definition) is 0. The number of hydrazone groups is 1. The molecule has 1 heterocycles. The van der Waals surface area contributed by atoms with Crippen molar-refractivity contribution in [3.63, 3.8) is 0 Å². The molecule has 0 saturated carbocycles. The summed E-state index contributed by atoms with van der Waals surface area (Å²) >= 11 is 12.4. The molecule has 0 unspecified atom stereocenters.